The Hall–Kier alpha value is -1.13. The number of aromatic nitrogens is 2. The summed E-state index contributed by atoms with van der Waals surface area (Å²) in [5, 5.41) is 5.65. The van der Waals surface area contributed by atoms with Crippen LogP contribution in [0.5, 0.6) is 0 Å². The maximum atomic E-state index is 4.63. The Morgan fingerprint density at radius 2 is 2.21 bits per heavy atom. The van der Waals surface area contributed by atoms with Crippen molar-refractivity contribution in [3.8, 4) is 0 Å². The second-order valence-electron chi connectivity index (χ2n) is 5.27. The van der Waals surface area contributed by atoms with Crippen molar-refractivity contribution in [1.29, 1.82) is 0 Å². The van der Waals surface area contributed by atoms with Gasteiger partial charge in [-0.2, -0.15) is 0 Å². The quantitative estimate of drug-likeness (QED) is 0.900. The zero-order valence-corrected chi connectivity index (χ0v) is 13.3. The average Bonchev–Trinajstić information content (AvgIpc) is 2.85. The summed E-state index contributed by atoms with van der Waals surface area (Å²) >= 11 is 1.71. The van der Waals surface area contributed by atoms with Gasteiger partial charge in [-0.05, 0) is 26.3 Å². The van der Waals surface area contributed by atoms with E-state index in [-0.39, 0.29) is 0 Å². The molecule has 0 aromatic carbocycles. The minimum Gasteiger partial charge on any atom is -0.311 e. The lowest BCUT2D eigenvalue weighted by Gasteiger charge is -2.10. The number of rotatable bonds is 5. The van der Waals surface area contributed by atoms with Crippen LogP contribution in [-0.2, 0) is 0 Å². The number of fused-ring (bicyclic) bond motifs is 1. The van der Waals surface area contributed by atoms with Gasteiger partial charge in [0.25, 0.3) is 0 Å². The van der Waals surface area contributed by atoms with Crippen LogP contribution in [-0.4, -0.2) is 22.0 Å². The Kier molecular flexibility index (Phi) is 4.42. The molecular formula is C15H23N3S. The molecule has 2 heterocycles. The molecule has 0 spiro atoms. The van der Waals surface area contributed by atoms with Gasteiger partial charge < -0.3 is 5.32 Å². The molecule has 3 nitrogen and oxygen atoms in total. The molecule has 0 aliphatic heterocycles. The molecule has 0 amide bonds. The maximum Gasteiger partial charge on any atom is 0.194 e. The van der Waals surface area contributed by atoms with Crippen molar-refractivity contribution in [2.45, 2.75) is 47.1 Å². The first-order chi connectivity index (χ1) is 9.02. The van der Waals surface area contributed by atoms with Crippen LogP contribution < -0.4 is 5.32 Å². The smallest absolute Gasteiger partial charge is 0.194 e. The summed E-state index contributed by atoms with van der Waals surface area (Å²) in [6, 6.07) is 0.518. The van der Waals surface area contributed by atoms with E-state index in [1.165, 1.54) is 17.0 Å². The molecule has 0 aliphatic carbocycles. The van der Waals surface area contributed by atoms with E-state index < -0.39 is 0 Å². The summed E-state index contributed by atoms with van der Waals surface area (Å²) in [6.07, 6.45) is 3.36. The topological polar surface area (TPSA) is 29.3 Å². The first-order valence-electron chi connectivity index (χ1n) is 6.89. The molecule has 104 valence electrons. The molecule has 0 aliphatic rings. The molecule has 0 radical (unpaired) electrons. The Labute approximate surface area is 119 Å². The van der Waals surface area contributed by atoms with Gasteiger partial charge in [0.15, 0.2) is 4.96 Å². The van der Waals surface area contributed by atoms with Crippen molar-refractivity contribution in [3.05, 3.63) is 28.0 Å². The molecule has 19 heavy (non-hydrogen) atoms. The van der Waals surface area contributed by atoms with Crippen LogP contribution in [0.4, 0.5) is 0 Å². The van der Waals surface area contributed by atoms with Gasteiger partial charge in [0.05, 0.1) is 11.4 Å². The van der Waals surface area contributed by atoms with Crippen molar-refractivity contribution in [2.24, 2.45) is 0 Å². The molecule has 1 N–H and O–H groups in total. The van der Waals surface area contributed by atoms with E-state index in [2.05, 4.69) is 60.8 Å². The summed E-state index contributed by atoms with van der Waals surface area (Å²) in [5.41, 5.74) is 5.03. The van der Waals surface area contributed by atoms with Gasteiger partial charge in [-0.3, -0.25) is 4.40 Å². The molecule has 0 atom stereocenters. The lowest BCUT2D eigenvalue weighted by atomic mass is 10.1. The second-order valence-corrected chi connectivity index (χ2v) is 6.11. The monoisotopic (exact) mass is 277 g/mol. The normalized spacial score (nSPS) is 12.8. The number of thiazole rings is 1. The average molecular weight is 277 g/mol. The third-order valence-electron chi connectivity index (χ3n) is 3.29. The van der Waals surface area contributed by atoms with Gasteiger partial charge >= 0.3 is 0 Å². The van der Waals surface area contributed by atoms with Crippen LogP contribution in [0.3, 0.4) is 0 Å². The molecular weight excluding hydrogens is 254 g/mol. The van der Waals surface area contributed by atoms with Gasteiger partial charge in [-0.1, -0.05) is 26.3 Å². The minimum absolute atomic E-state index is 0.518. The van der Waals surface area contributed by atoms with Crippen LogP contribution >= 0.6 is 11.3 Å². The summed E-state index contributed by atoms with van der Waals surface area (Å²) in [4.78, 5) is 5.72. The first kappa shape index (κ1) is 14.3. The number of nitrogens with zero attached hydrogens (tertiary/aromatic N) is 2. The molecule has 0 fully saturated rings. The largest absolute Gasteiger partial charge is 0.311 e. The fraction of sp³-hybridized carbons (Fsp3) is 0.533. The second kappa shape index (κ2) is 5.88. The van der Waals surface area contributed by atoms with E-state index in [0.717, 1.165) is 23.6 Å². The van der Waals surface area contributed by atoms with Crippen LogP contribution in [0.2, 0.25) is 0 Å². The SMILES string of the molecule is CCC(=Cc1c(C)nc2scc(C)n12)CNC(C)C. The highest BCUT2D eigenvalue weighted by Gasteiger charge is 2.10. The number of imidazole rings is 1. The van der Waals surface area contributed by atoms with Crippen molar-refractivity contribution in [3.63, 3.8) is 0 Å². The third-order valence-corrected chi connectivity index (χ3v) is 4.23. The fourth-order valence-corrected chi connectivity index (χ4v) is 3.02. The summed E-state index contributed by atoms with van der Waals surface area (Å²) in [7, 11) is 0. The third kappa shape index (κ3) is 3.07. The fourth-order valence-electron chi connectivity index (χ4n) is 2.10. The Balaban J connectivity index is 2.36. The molecule has 0 bridgehead atoms. The highest BCUT2D eigenvalue weighted by Crippen LogP contribution is 2.22. The van der Waals surface area contributed by atoms with Gasteiger partial charge in [0.1, 0.15) is 0 Å². The molecule has 0 saturated heterocycles. The predicted molar refractivity (Wildman–Crippen MR) is 83.9 cm³/mol. The molecule has 2 aromatic heterocycles. The molecule has 0 saturated carbocycles. The van der Waals surface area contributed by atoms with Gasteiger partial charge in [0.2, 0.25) is 0 Å². The maximum absolute atomic E-state index is 4.63. The summed E-state index contributed by atoms with van der Waals surface area (Å²) in [6.45, 7) is 11.7. The van der Waals surface area contributed by atoms with E-state index >= 15 is 0 Å². The van der Waals surface area contributed by atoms with E-state index in [4.69, 9.17) is 0 Å². The van der Waals surface area contributed by atoms with Crippen LogP contribution in [0.25, 0.3) is 11.0 Å². The highest BCUT2D eigenvalue weighted by atomic mass is 32.1. The van der Waals surface area contributed by atoms with Crippen LogP contribution in [0.15, 0.2) is 11.0 Å². The number of aryl methyl sites for hydroxylation is 2. The lowest BCUT2D eigenvalue weighted by molar-refractivity contribution is 0.617. The predicted octanol–water partition coefficient (Wildman–Crippen LogP) is 3.80. The molecule has 4 heteroatoms. The minimum atomic E-state index is 0.518. The van der Waals surface area contributed by atoms with Gasteiger partial charge in [0, 0.05) is 23.7 Å². The van der Waals surface area contributed by atoms with Crippen molar-refractivity contribution in [1.82, 2.24) is 14.7 Å². The Morgan fingerprint density at radius 3 is 2.84 bits per heavy atom. The van der Waals surface area contributed by atoms with Crippen molar-refractivity contribution in [2.75, 3.05) is 6.54 Å². The first-order valence-corrected chi connectivity index (χ1v) is 7.76. The van der Waals surface area contributed by atoms with Crippen LogP contribution in [0, 0.1) is 13.8 Å². The number of hydrogen-bond acceptors (Lipinski definition) is 3. The van der Waals surface area contributed by atoms with Gasteiger partial charge in [-0.25, -0.2) is 4.98 Å². The van der Waals surface area contributed by atoms with E-state index in [1.54, 1.807) is 11.3 Å². The standard InChI is InChI=1S/C15H23N3S/c1-6-13(8-16-10(2)3)7-14-12(5)17-15-18(14)11(4)9-19-15/h7,9-10,16H,6,8H2,1-5H3. The lowest BCUT2D eigenvalue weighted by Crippen LogP contribution is -2.24. The molecule has 0 unspecified atom stereocenters. The summed E-state index contributed by atoms with van der Waals surface area (Å²) < 4.78 is 2.25. The number of nitrogens with one attached hydrogen (secondary N) is 1. The van der Waals surface area contributed by atoms with E-state index in [9.17, 15) is 0 Å². The Morgan fingerprint density at radius 1 is 1.47 bits per heavy atom. The van der Waals surface area contributed by atoms with E-state index in [1.807, 2.05) is 0 Å². The Bertz CT molecular complexity index is 590. The molecule has 2 aromatic rings. The van der Waals surface area contributed by atoms with Crippen molar-refractivity contribution < 1.29 is 0 Å². The van der Waals surface area contributed by atoms with E-state index in [0.29, 0.717) is 6.04 Å². The zero-order chi connectivity index (χ0) is 14.0. The highest BCUT2D eigenvalue weighted by molar-refractivity contribution is 7.15. The zero-order valence-electron chi connectivity index (χ0n) is 12.4. The molecule has 2 rings (SSSR count). The van der Waals surface area contributed by atoms with Crippen molar-refractivity contribution >= 4 is 22.4 Å². The summed E-state index contributed by atoms with van der Waals surface area (Å²) in [5.74, 6) is 0. The van der Waals surface area contributed by atoms with Gasteiger partial charge in [-0.15, -0.1) is 11.3 Å². The van der Waals surface area contributed by atoms with Crippen LogP contribution in [0.1, 0.15) is 44.3 Å². The number of hydrogen-bond donors (Lipinski definition) is 1.